The summed E-state index contributed by atoms with van der Waals surface area (Å²) < 4.78 is 38.5. The molecule has 0 radical (unpaired) electrons. The molecule has 0 spiro atoms. The van der Waals surface area contributed by atoms with E-state index in [9.17, 15) is 8.42 Å². The maximum absolute atomic E-state index is 13.0. The van der Waals surface area contributed by atoms with Crippen molar-refractivity contribution in [2.45, 2.75) is 36.2 Å². The van der Waals surface area contributed by atoms with Crippen LogP contribution < -0.4 is 14.8 Å². The van der Waals surface area contributed by atoms with Gasteiger partial charge in [0.25, 0.3) is 0 Å². The van der Waals surface area contributed by atoms with Crippen LogP contribution in [-0.2, 0) is 10.0 Å². The predicted octanol–water partition coefficient (Wildman–Crippen LogP) is 3.00. The van der Waals surface area contributed by atoms with Crippen LogP contribution in [0.2, 0.25) is 0 Å². The van der Waals surface area contributed by atoms with Crippen molar-refractivity contribution < 1.29 is 17.9 Å². The highest BCUT2D eigenvalue weighted by atomic mass is 32.2. The highest BCUT2D eigenvalue weighted by molar-refractivity contribution is 7.89. The maximum Gasteiger partial charge on any atom is 0.243 e. The molecule has 2 heterocycles. The Labute approximate surface area is 160 Å². The van der Waals surface area contributed by atoms with Crippen LogP contribution in [-0.4, -0.2) is 45.0 Å². The summed E-state index contributed by atoms with van der Waals surface area (Å²) in [5.41, 5.74) is 0. The summed E-state index contributed by atoms with van der Waals surface area (Å²) in [7, 11) is -1.87. The Hall–Kier alpha value is -2.09. The summed E-state index contributed by atoms with van der Waals surface area (Å²) in [5.74, 6) is 2.01. The van der Waals surface area contributed by atoms with E-state index in [1.807, 2.05) is 24.3 Å². The van der Waals surface area contributed by atoms with Gasteiger partial charge in [-0.2, -0.15) is 4.31 Å². The number of nitrogens with zero attached hydrogens (tertiary/aromatic N) is 1. The molecule has 0 aliphatic carbocycles. The minimum Gasteiger partial charge on any atom is -0.497 e. The first-order valence-corrected chi connectivity index (χ1v) is 10.7. The van der Waals surface area contributed by atoms with Crippen molar-refractivity contribution in [2.75, 3.05) is 20.2 Å². The fraction of sp³-hybridized carbons (Fsp3) is 0.400. The molecule has 6 nitrogen and oxygen atoms in total. The third kappa shape index (κ3) is 3.95. The lowest BCUT2D eigenvalue weighted by atomic mass is 10.1. The van der Waals surface area contributed by atoms with Gasteiger partial charge in [-0.05, 0) is 67.8 Å². The number of fused-ring (bicyclic) bond motifs is 2. The summed E-state index contributed by atoms with van der Waals surface area (Å²) in [5, 5.41) is 3.52. The Morgan fingerprint density at radius 1 is 0.889 bits per heavy atom. The molecule has 2 aromatic rings. The van der Waals surface area contributed by atoms with Gasteiger partial charge in [0, 0.05) is 25.2 Å². The monoisotopic (exact) mass is 388 g/mol. The van der Waals surface area contributed by atoms with E-state index in [1.165, 1.54) is 0 Å². The molecule has 2 aliphatic heterocycles. The van der Waals surface area contributed by atoms with Gasteiger partial charge in [-0.15, -0.1) is 0 Å². The molecular formula is C20H24N2O4S. The van der Waals surface area contributed by atoms with Gasteiger partial charge in [0.05, 0.1) is 12.0 Å². The van der Waals surface area contributed by atoms with Crippen LogP contribution in [0.3, 0.4) is 0 Å². The summed E-state index contributed by atoms with van der Waals surface area (Å²) >= 11 is 0. The topological polar surface area (TPSA) is 67.9 Å². The highest BCUT2D eigenvalue weighted by Gasteiger charge is 2.34. The number of methoxy groups -OCH3 is 1. The molecule has 2 aliphatic rings. The van der Waals surface area contributed by atoms with Gasteiger partial charge >= 0.3 is 0 Å². The molecule has 144 valence electrons. The normalized spacial score (nSPS) is 23.0. The second-order valence-electron chi connectivity index (χ2n) is 7.04. The van der Waals surface area contributed by atoms with Crippen LogP contribution in [0.15, 0.2) is 53.4 Å². The minimum atomic E-state index is -3.49. The zero-order chi connectivity index (χ0) is 18.9. The summed E-state index contributed by atoms with van der Waals surface area (Å²) in [6.45, 7) is 1.11. The SMILES string of the molecule is COc1ccc(Oc2ccc(S(=O)(=O)N3CCC4CCC(C3)N4)cc2)cc1. The van der Waals surface area contributed by atoms with E-state index in [0.717, 1.165) is 25.0 Å². The molecule has 2 bridgehead atoms. The highest BCUT2D eigenvalue weighted by Crippen LogP contribution is 2.28. The summed E-state index contributed by atoms with van der Waals surface area (Å²) in [6.07, 6.45) is 3.07. The Morgan fingerprint density at radius 3 is 2.15 bits per heavy atom. The van der Waals surface area contributed by atoms with Gasteiger partial charge < -0.3 is 14.8 Å². The molecule has 0 amide bonds. The van der Waals surface area contributed by atoms with Crippen molar-refractivity contribution in [3.63, 3.8) is 0 Å². The molecule has 1 N–H and O–H groups in total. The van der Waals surface area contributed by atoms with E-state index in [-0.39, 0.29) is 6.04 Å². The maximum atomic E-state index is 13.0. The molecule has 2 atom stereocenters. The van der Waals surface area contributed by atoms with Gasteiger partial charge in [-0.3, -0.25) is 0 Å². The van der Waals surface area contributed by atoms with Crippen LogP contribution in [0.4, 0.5) is 0 Å². The second-order valence-corrected chi connectivity index (χ2v) is 8.98. The van der Waals surface area contributed by atoms with E-state index >= 15 is 0 Å². The van der Waals surface area contributed by atoms with Gasteiger partial charge in [0.2, 0.25) is 10.0 Å². The van der Waals surface area contributed by atoms with Crippen LogP contribution in [0, 0.1) is 0 Å². The molecule has 2 fully saturated rings. The Balaban J connectivity index is 1.47. The average molecular weight is 388 g/mol. The number of nitrogens with one attached hydrogen (secondary N) is 1. The molecule has 2 aromatic carbocycles. The van der Waals surface area contributed by atoms with Crippen molar-refractivity contribution in [1.29, 1.82) is 0 Å². The molecule has 4 rings (SSSR count). The van der Waals surface area contributed by atoms with Crippen LogP contribution >= 0.6 is 0 Å². The lowest BCUT2D eigenvalue weighted by Gasteiger charge is -2.23. The zero-order valence-corrected chi connectivity index (χ0v) is 16.1. The molecule has 0 aromatic heterocycles. The van der Waals surface area contributed by atoms with Crippen molar-refractivity contribution in [3.8, 4) is 17.2 Å². The fourth-order valence-corrected chi connectivity index (χ4v) is 5.24. The van der Waals surface area contributed by atoms with E-state index < -0.39 is 10.0 Å². The number of ether oxygens (including phenoxy) is 2. The van der Waals surface area contributed by atoms with Gasteiger partial charge in [-0.1, -0.05) is 0 Å². The molecule has 27 heavy (non-hydrogen) atoms. The summed E-state index contributed by atoms with van der Waals surface area (Å²) in [4.78, 5) is 0.308. The number of rotatable bonds is 5. The van der Waals surface area contributed by atoms with Crippen LogP contribution in [0.1, 0.15) is 19.3 Å². The first-order chi connectivity index (χ1) is 13.0. The number of hydrogen-bond donors (Lipinski definition) is 1. The number of benzene rings is 2. The smallest absolute Gasteiger partial charge is 0.243 e. The number of hydrogen-bond acceptors (Lipinski definition) is 5. The van der Waals surface area contributed by atoms with Crippen molar-refractivity contribution in [2.24, 2.45) is 0 Å². The first-order valence-electron chi connectivity index (χ1n) is 9.23. The number of sulfonamides is 1. The van der Waals surface area contributed by atoms with Crippen molar-refractivity contribution >= 4 is 10.0 Å². The lowest BCUT2D eigenvalue weighted by Crippen LogP contribution is -2.39. The molecular weight excluding hydrogens is 364 g/mol. The minimum absolute atomic E-state index is 0.268. The third-order valence-electron chi connectivity index (χ3n) is 5.24. The largest absolute Gasteiger partial charge is 0.497 e. The Bertz CT molecular complexity index is 881. The van der Waals surface area contributed by atoms with Crippen molar-refractivity contribution in [3.05, 3.63) is 48.5 Å². The molecule has 2 unspecified atom stereocenters. The summed E-state index contributed by atoms with van der Waals surface area (Å²) in [6, 6.07) is 14.6. The zero-order valence-electron chi connectivity index (χ0n) is 15.3. The van der Waals surface area contributed by atoms with E-state index in [4.69, 9.17) is 9.47 Å². The first kappa shape index (κ1) is 18.3. The van der Waals surface area contributed by atoms with Gasteiger partial charge in [-0.25, -0.2) is 8.42 Å². The Kier molecular flexibility index (Phi) is 5.08. The Morgan fingerprint density at radius 2 is 1.48 bits per heavy atom. The van der Waals surface area contributed by atoms with Gasteiger partial charge in [0.15, 0.2) is 0 Å². The fourth-order valence-electron chi connectivity index (χ4n) is 3.74. The molecule has 2 saturated heterocycles. The van der Waals surface area contributed by atoms with E-state index in [2.05, 4.69) is 5.32 Å². The van der Waals surface area contributed by atoms with Crippen molar-refractivity contribution in [1.82, 2.24) is 9.62 Å². The lowest BCUT2D eigenvalue weighted by molar-refractivity contribution is 0.383. The average Bonchev–Trinajstić information content (AvgIpc) is 3.01. The van der Waals surface area contributed by atoms with Gasteiger partial charge in [0.1, 0.15) is 17.2 Å². The van der Waals surface area contributed by atoms with E-state index in [0.29, 0.717) is 35.5 Å². The van der Waals surface area contributed by atoms with Crippen LogP contribution in [0.5, 0.6) is 17.2 Å². The predicted molar refractivity (Wildman–Crippen MR) is 103 cm³/mol. The standard InChI is InChI=1S/C20H24N2O4S/c1-25-17-4-6-18(7-5-17)26-19-8-10-20(11-9-19)27(23,24)22-13-12-15-2-3-16(14-22)21-15/h4-11,15-16,21H,2-3,12-14H2,1H3. The van der Waals surface area contributed by atoms with E-state index in [1.54, 1.807) is 35.7 Å². The quantitative estimate of drug-likeness (QED) is 0.853. The second kappa shape index (κ2) is 7.50. The molecule has 0 saturated carbocycles. The molecule has 7 heteroatoms. The van der Waals surface area contributed by atoms with Crippen LogP contribution in [0.25, 0.3) is 0 Å². The third-order valence-corrected chi connectivity index (χ3v) is 7.12.